The van der Waals surface area contributed by atoms with Gasteiger partial charge in [-0.15, -0.1) is 0 Å². The molecule has 1 spiro atoms. The summed E-state index contributed by atoms with van der Waals surface area (Å²) in [5, 5.41) is 0. The first-order valence-corrected chi connectivity index (χ1v) is 9.06. The minimum absolute atomic E-state index is 0.0693. The molecule has 0 radical (unpaired) electrons. The second-order valence-corrected chi connectivity index (χ2v) is 8.02. The number of cyclic esters (lactones) is 1. The highest BCUT2D eigenvalue weighted by atomic mass is 19.1. The maximum atomic E-state index is 14.6. The average molecular weight is 361 g/mol. The molecule has 0 saturated carbocycles. The van der Waals surface area contributed by atoms with Gasteiger partial charge >= 0.3 is 6.09 Å². The van der Waals surface area contributed by atoms with Crippen LogP contribution in [-0.4, -0.2) is 62.7 Å². The predicted molar refractivity (Wildman–Crippen MR) is 96.1 cm³/mol. The normalized spacial score (nSPS) is 24.4. The number of benzene rings is 1. The Morgan fingerprint density at radius 3 is 2.65 bits per heavy atom. The van der Waals surface area contributed by atoms with E-state index in [2.05, 4.69) is 16.8 Å². The molecule has 1 aromatic rings. The molecule has 3 fully saturated rings. The minimum Gasteiger partial charge on any atom is -0.444 e. The van der Waals surface area contributed by atoms with Gasteiger partial charge in [-0.2, -0.15) is 0 Å². The number of hydrogen-bond acceptors (Lipinski definition) is 5. The first-order chi connectivity index (χ1) is 12.3. The van der Waals surface area contributed by atoms with Gasteiger partial charge in [-0.25, -0.2) is 9.18 Å². The van der Waals surface area contributed by atoms with Crippen LogP contribution in [0.5, 0.6) is 0 Å². The fourth-order valence-electron chi connectivity index (χ4n) is 4.40. The number of rotatable bonds is 5. The lowest BCUT2D eigenvalue weighted by atomic mass is 9.73. The number of Topliss-reactive ketones (excluding diaryl/α,β-unsaturated/α-hetero) is 1. The Labute approximate surface area is 152 Å². The molecule has 1 aromatic carbocycles. The maximum Gasteiger partial charge on any atom is 0.414 e. The molecule has 0 aliphatic carbocycles. The summed E-state index contributed by atoms with van der Waals surface area (Å²) in [4.78, 5) is 28.9. The van der Waals surface area contributed by atoms with Gasteiger partial charge in [0.05, 0.1) is 17.9 Å². The van der Waals surface area contributed by atoms with E-state index in [1.165, 1.54) is 17.9 Å². The third-order valence-electron chi connectivity index (χ3n) is 5.54. The van der Waals surface area contributed by atoms with Gasteiger partial charge in [-0.1, -0.05) is 0 Å². The number of nitrogens with zero attached hydrogens (tertiary/aromatic N) is 3. The van der Waals surface area contributed by atoms with Crippen LogP contribution in [0, 0.1) is 11.2 Å². The van der Waals surface area contributed by atoms with Crippen molar-refractivity contribution in [3.05, 3.63) is 24.0 Å². The lowest BCUT2D eigenvalue weighted by Crippen LogP contribution is -2.71. The molecule has 26 heavy (non-hydrogen) atoms. The third kappa shape index (κ3) is 3.05. The van der Waals surface area contributed by atoms with E-state index in [1.807, 2.05) is 0 Å². The summed E-state index contributed by atoms with van der Waals surface area (Å²) in [6, 6.07) is 4.92. The molecule has 3 heterocycles. The summed E-state index contributed by atoms with van der Waals surface area (Å²) >= 11 is 0. The van der Waals surface area contributed by atoms with Gasteiger partial charge in [0.15, 0.2) is 0 Å². The van der Waals surface area contributed by atoms with Crippen molar-refractivity contribution in [2.75, 3.05) is 49.6 Å². The number of likely N-dealkylation sites (tertiary alicyclic amines) is 1. The number of ether oxygens (including phenoxy) is 1. The van der Waals surface area contributed by atoms with Gasteiger partial charge in [0.2, 0.25) is 0 Å². The molecule has 140 valence electrons. The second kappa shape index (κ2) is 6.23. The molecule has 1 atom stereocenters. The van der Waals surface area contributed by atoms with Crippen molar-refractivity contribution in [3.8, 4) is 0 Å². The molecule has 7 heteroatoms. The van der Waals surface area contributed by atoms with Gasteiger partial charge in [0.1, 0.15) is 17.7 Å². The zero-order chi connectivity index (χ0) is 18.5. The number of carbonyl (C=O) groups excluding carboxylic acids is 2. The van der Waals surface area contributed by atoms with E-state index in [0.29, 0.717) is 36.2 Å². The Morgan fingerprint density at radius 1 is 1.31 bits per heavy atom. The SMILES string of the molecule is CC(=O)CC[C@H]1CN(c2ccc(N3CC4(CN(C)C4)C3)c(F)c2)C(=O)O1. The lowest BCUT2D eigenvalue weighted by Gasteiger charge is -2.60. The van der Waals surface area contributed by atoms with Crippen molar-refractivity contribution < 1.29 is 18.7 Å². The number of amides is 1. The van der Waals surface area contributed by atoms with E-state index in [9.17, 15) is 14.0 Å². The fraction of sp³-hybridized carbons (Fsp3) is 0.579. The van der Waals surface area contributed by atoms with Crippen LogP contribution >= 0.6 is 0 Å². The number of halogens is 1. The average Bonchev–Trinajstić information content (AvgIpc) is 2.89. The molecular formula is C19H24FN3O3. The van der Waals surface area contributed by atoms with E-state index in [0.717, 1.165) is 26.2 Å². The Balaban J connectivity index is 1.40. The van der Waals surface area contributed by atoms with Crippen LogP contribution in [0.25, 0.3) is 0 Å². The lowest BCUT2D eigenvalue weighted by molar-refractivity contribution is -0.117. The zero-order valence-corrected chi connectivity index (χ0v) is 15.2. The Hall–Kier alpha value is -2.15. The highest BCUT2D eigenvalue weighted by Crippen LogP contribution is 2.42. The van der Waals surface area contributed by atoms with Crippen LogP contribution in [0.1, 0.15) is 19.8 Å². The quantitative estimate of drug-likeness (QED) is 0.805. The van der Waals surface area contributed by atoms with Crippen LogP contribution in [0.4, 0.5) is 20.6 Å². The largest absolute Gasteiger partial charge is 0.444 e. The second-order valence-electron chi connectivity index (χ2n) is 8.02. The van der Waals surface area contributed by atoms with Crippen molar-refractivity contribution in [2.45, 2.75) is 25.9 Å². The Morgan fingerprint density at radius 2 is 2.04 bits per heavy atom. The molecule has 0 bridgehead atoms. The first-order valence-electron chi connectivity index (χ1n) is 9.06. The number of anilines is 2. The van der Waals surface area contributed by atoms with E-state index < -0.39 is 6.09 Å². The summed E-state index contributed by atoms with van der Waals surface area (Å²) in [5.74, 6) is -0.245. The summed E-state index contributed by atoms with van der Waals surface area (Å²) in [5.41, 5.74) is 1.43. The minimum atomic E-state index is -0.480. The van der Waals surface area contributed by atoms with Gasteiger partial charge in [0, 0.05) is 38.0 Å². The predicted octanol–water partition coefficient (Wildman–Crippen LogP) is 2.27. The first kappa shape index (κ1) is 17.3. The Kier molecular flexibility index (Phi) is 4.14. The van der Waals surface area contributed by atoms with Gasteiger partial charge in [0.25, 0.3) is 0 Å². The van der Waals surface area contributed by atoms with Gasteiger partial charge in [-0.3, -0.25) is 4.90 Å². The van der Waals surface area contributed by atoms with Crippen molar-refractivity contribution in [1.29, 1.82) is 0 Å². The Bertz CT molecular complexity index is 740. The summed E-state index contributed by atoms with van der Waals surface area (Å²) in [6.45, 7) is 5.78. The van der Waals surface area contributed by atoms with Crippen molar-refractivity contribution in [3.63, 3.8) is 0 Å². The fourth-order valence-corrected chi connectivity index (χ4v) is 4.40. The standard InChI is InChI=1S/C19H24FN3O3/c1-13(24)3-5-15-8-23(18(25)26-15)14-4-6-17(16(20)7-14)22-11-19(12-22)9-21(2)10-19/h4,6-7,15H,3,5,8-12H2,1-2H3/t15-/m0/s1. The molecule has 3 aliphatic rings. The van der Waals surface area contributed by atoms with Crippen molar-refractivity contribution in [2.24, 2.45) is 5.41 Å². The highest BCUT2D eigenvalue weighted by molar-refractivity contribution is 5.90. The molecule has 1 amide bonds. The van der Waals surface area contributed by atoms with Crippen LogP contribution in [0.15, 0.2) is 18.2 Å². The van der Waals surface area contributed by atoms with Crippen LogP contribution in [0.3, 0.4) is 0 Å². The summed E-state index contributed by atoms with van der Waals surface area (Å²) < 4.78 is 19.9. The smallest absolute Gasteiger partial charge is 0.414 e. The van der Waals surface area contributed by atoms with E-state index in [1.54, 1.807) is 12.1 Å². The molecule has 6 nitrogen and oxygen atoms in total. The van der Waals surface area contributed by atoms with E-state index >= 15 is 0 Å². The molecule has 0 unspecified atom stereocenters. The molecule has 4 rings (SSSR count). The molecule has 0 N–H and O–H groups in total. The summed E-state index contributed by atoms with van der Waals surface area (Å²) in [7, 11) is 2.10. The van der Waals surface area contributed by atoms with Gasteiger partial charge in [-0.05, 0) is 38.6 Å². The molecule has 0 aromatic heterocycles. The highest BCUT2D eigenvalue weighted by Gasteiger charge is 2.50. The van der Waals surface area contributed by atoms with E-state index in [4.69, 9.17) is 4.74 Å². The summed E-state index contributed by atoms with van der Waals surface area (Å²) in [6.07, 6.45) is 0.0825. The monoisotopic (exact) mass is 361 g/mol. The van der Waals surface area contributed by atoms with Crippen LogP contribution in [-0.2, 0) is 9.53 Å². The molecule has 3 aliphatic heterocycles. The number of carbonyl (C=O) groups is 2. The third-order valence-corrected chi connectivity index (χ3v) is 5.54. The van der Waals surface area contributed by atoms with Crippen molar-refractivity contribution in [1.82, 2.24) is 4.90 Å². The number of ketones is 1. The topological polar surface area (TPSA) is 53.1 Å². The van der Waals surface area contributed by atoms with Crippen LogP contribution in [0.2, 0.25) is 0 Å². The van der Waals surface area contributed by atoms with Crippen LogP contribution < -0.4 is 9.80 Å². The molecule has 3 saturated heterocycles. The van der Waals surface area contributed by atoms with Gasteiger partial charge < -0.3 is 19.3 Å². The van der Waals surface area contributed by atoms with Crippen molar-refractivity contribution >= 4 is 23.3 Å². The zero-order valence-electron chi connectivity index (χ0n) is 15.2. The maximum absolute atomic E-state index is 14.6. The number of hydrogen-bond donors (Lipinski definition) is 0. The molecular weight excluding hydrogens is 337 g/mol. The van der Waals surface area contributed by atoms with E-state index in [-0.39, 0.29) is 17.7 Å².